The molecule has 0 N–H and O–H groups in total. The number of hydrogen-bond acceptors (Lipinski definition) is 5. The molecule has 0 aliphatic carbocycles. The second-order valence-electron chi connectivity index (χ2n) is 7.46. The minimum Gasteiger partial charge on any atom is -0.497 e. The molecule has 2 bridgehead atoms. The quantitative estimate of drug-likeness (QED) is 0.761. The molecule has 154 valence electrons. The number of aryl methyl sites for hydroxylation is 1. The highest BCUT2D eigenvalue weighted by atomic mass is 32.2. The predicted octanol–water partition coefficient (Wildman–Crippen LogP) is 1.92. The van der Waals surface area contributed by atoms with E-state index in [1.807, 2.05) is 13.0 Å². The summed E-state index contributed by atoms with van der Waals surface area (Å²) in [5.41, 5.74) is 1.45. The second kappa shape index (κ2) is 7.78. The largest absolute Gasteiger partial charge is 0.497 e. The summed E-state index contributed by atoms with van der Waals surface area (Å²) in [7, 11) is -2.03. The summed E-state index contributed by atoms with van der Waals surface area (Å²) in [6.45, 7) is 3.04. The Kier molecular flexibility index (Phi) is 5.33. The Morgan fingerprint density at radius 3 is 2.38 bits per heavy atom. The average Bonchev–Trinajstić information content (AvgIpc) is 2.72. The van der Waals surface area contributed by atoms with Gasteiger partial charge in [-0.2, -0.15) is 4.31 Å². The van der Waals surface area contributed by atoms with E-state index >= 15 is 0 Å². The Hall–Kier alpha value is -2.42. The number of carbonyl (C=O) groups is 1. The Balaban J connectivity index is 1.49. The van der Waals surface area contributed by atoms with E-state index < -0.39 is 10.0 Å². The first-order valence-corrected chi connectivity index (χ1v) is 11.0. The third-order valence-corrected chi connectivity index (χ3v) is 7.11. The molecule has 0 radical (unpaired) electrons. The summed E-state index contributed by atoms with van der Waals surface area (Å²) >= 11 is 0. The van der Waals surface area contributed by atoms with Crippen molar-refractivity contribution in [2.24, 2.45) is 0 Å². The summed E-state index contributed by atoms with van der Waals surface area (Å²) in [6, 6.07) is 14.0. The van der Waals surface area contributed by atoms with Crippen molar-refractivity contribution in [3.63, 3.8) is 0 Å². The zero-order chi connectivity index (χ0) is 20.6. The van der Waals surface area contributed by atoms with Crippen molar-refractivity contribution in [2.45, 2.75) is 24.0 Å². The minimum absolute atomic E-state index is 0.0998. The van der Waals surface area contributed by atoms with Gasteiger partial charge in [-0.1, -0.05) is 18.2 Å². The molecule has 0 unspecified atom stereocenters. The Labute approximate surface area is 170 Å². The Bertz CT molecular complexity index is 1010. The van der Waals surface area contributed by atoms with Crippen molar-refractivity contribution >= 4 is 15.9 Å². The van der Waals surface area contributed by atoms with Crippen molar-refractivity contribution in [1.82, 2.24) is 9.21 Å². The van der Waals surface area contributed by atoms with Crippen LogP contribution >= 0.6 is 0 Å². The van der Waals surface area contributed by atoms with Crippen LogP contribution in [0, 0.1) is 6.92 Å². The van der Waals surface area contributed by atoms with Gasteiger partial charge in [0.2, 0.25) is 10.0 Å². The van der Waals surface area contributed by atoms with Crippen LogP contribution in [0.3, 0.4) is 0 Å². The van der Waals surface area contributed by atoms with E-state index in [4.69, 9.17) is 9.47 Å². The fourth-order valence-electron chi connectivity index (χ4n) is 3.88. The lowest BCUT2D eigenvalue weighted by Gasteiger charge is -2.45. The van der Waals surface area contributed by atoms with E-state index in [1.54, 1.807) is 54.5 Å². The number of hydrogen-bond donors (Lipinski definition) is 0. The molecule has 0 spiro atoms. The summed E-state index contributed by atoms with van der Waals surface area (Å²) in [4.78, 5) is 15.0. The number of methoxy groups -OCH3 is 1. The SMILES string of the molecule is COc1cccc(C(=O)N2C[C@@H]3CN(S(=O)(=O)c4cccc(C)c4)C[C@H](C2)O3)c1. The van der Waals surface area contributed by atoms with E-state index in [-0.39, 0.29) is 31.2 Å². The molecule has 29 heavy (non-hydrogen) atoms. The van der Waals surface area contributed by atoms with Gasteiger partial charge in [0.15, 0.2) is 0 Å². The summed E-state index contributed by atoms with van der Waals surface area (Å²) in [5, 5.41) is 0. The van der Waals surface area contributed by atoms with Crippen LogP contribution in [0.5, 0.6) is 5.75 Å². The standard InChI is InChI=1S/C21H24N2O5S/c1-15-5-3-8-20(9-15)29(25,26)23-13-18-11-22(12-19(14-23)28-18)21(24)16-6-4-7-17(10-16)27-2/h3-10,18-19H,11-14H2,1-2H3/t18-,19+. The monoisotopic (exact) mass is 416 g/mol. The van der Waals surface area contributed by atoms with Gasteiger partial charge < -0.3 is 14.4 Å². The van der Waals surface area contributed by atoms with Crippen molar-refractivity contribution in [2.75, 3.05) is 33.3 Å². The number of rotatable bonds is 4. The smallest absolute Gasteiger partial charge is 0.254 e. The van der Waals surface area contributed by atoms with Crippen molar-refractivity contribution in [3.8, 4) is 5.75 Å². The molecule has 2 aliphatic heterocycles. The fourth-order valence-corrected chi connectivity index (χ4v) is 5.49. The third-order valence-electron chi connectivity index (χ3n) is 5.28. The molecular weight excluding hydrogens is 392 g/mol. The molecule has 2 aliphatic rings. The van der Waals surface area contributed by atoms with Crippen molar-refractivity contribution < 1.29 is 22.7 Å². The maximum absolute atomic E-state index is 13.1. The van der Waals surface area contributed by atoms with Crippen LogP contribution < -0.4 is 4.74 Å². The van der Waals surface area contributed by atoms with Gasteiger partial charge in [0, 0.05) is 31.7 Å². The van der Waals surface area contributed by atoms with Gasteiger partial charge in [0.1, 0.15) is 5.75 Å². The van der Waals surface area contributed by atoms with E-state index in [9.17, 15) is 13.2 Å². The van der Waals surface area contributed by atoms with Gasteiger partial charge in [-0.25, -0.2) is 8.42 Å². The normalized spacial score (nSPS) is 22.3. The summed E-state index contributed by atoms with van der Waals surface area (Å²) in [6.07, 6.45) is -0.701. The molecule has 1 amide bonds. The first-order chi connectivity index (χ1) is 13.9. The fraction of sp³-hybridized carbons (Fsp3) is 0.381. The Morgan fingerprint density at radius 2 is 1.72 bits per heavy atom. The number of benzene rings is 2. The molecular formula is C21H24N2O5S. The van der Waals surface area contributed by atoms with E-state index in [2.05, 4.69) is 0 Å². The first kappa shape index (κ1) is 19.9. The second-order valence-corrected chi connectivity index (χ2v) is 9.40. The van der Waals surface area contributed by atoms with Crippen LogP contribution in [-0.2, 0) is 14.8 Å². The predicted molar refractivity (Wildman–Crippen MR) is 107 cm³/mol. The summed E-state index contributed by atoms with van der Waals surface area (Å²) in [5.74, 6) is 0.525. The maximum atomic E-state index is 13.1. The maximum Gasteiger partial charge on any atom is 0.254 e. The molecule has 2 saturated heterocycles. The van der Waals surface area contributed by atoms with E-state index in [1.165, 1.54) is 4.31 Å². The lowest BCUT2D eigenvalue weighted by atomic mass is 10.1. The molecule has 2 aromatic carbocycles. The van der Waals surface area contributed by atoms with Crippen LogP contribution in [0.1, 0.15) is 15.9 Å². The molecule has 8 heteroatoms. The van der Waals surface area contributed by atoms with Crippen LogP contribution in [0.15, 0.2) is 53.4 Å². The van der Waals surface area contributed by atoms with Gasteiger partial charge in [-0.15, -0.1) is 0 Å². The van der Waals surface area contributed by atoms with Crippen LogP contribution in [-0.4, -0.2) is 69.0 Å². The number of ether oxygens (including phenoxy) is 2. The van der Waals surface area contributed by atoms with Gasteiger partial charge in [-0.05, 0) is 42.8 Å². The van der Waals surface area contributed by atoms with E-state index in [0.29, 0.717) is 29.3 Å². The van der Waals surface area contributed by atoms with Crippen LogP contribution in [0.4, 0.5) is 0 Å². The molecule has 0 saturated carbocycles. The molecule has 2 atom stereocenters. The molecule has 0 aromatic heterocycles. The average molecular weight is 416 g/mol. The van der Waals surface area contributed by atoms with Gasteiger partial charge >= 0.3 is 0 Å². The molecule has 7 nitrogen and oxygen atoms in total. The zero-order valence-corrected chi connectivity index (χ0v) is 17.3. The number of amides is 1. The van der Waals surface area contributed by atoms with E-state index in [0.717, 1.165) is 5.56 Å². The molecule has 2 heterocycles. The number of sulfonamides is 1. The lowest BCUT2D eigenvalue weighted by molar-refractivity contribution is -0.113. The number of morpholine rings is 2. The third kappa shape index (κ3) is 4.01. The van der Waals surface area contributed by atoms with Gasteiger partial charge in [-0.3, -0.25) is 4.79 Å². The van der Waals surface area contributed by atoms with Gasteiger partial charge in [0.05, 0.1) is 24.2 Å². The highest BCUT2D eigenvalue weighted by Crippen LogP contribution is 2.26. The number of nitrogens with zero attached hydrogens (tertiary/aromatic N) is 2. The van der Waals surface area contributed by atoms with Crippen molar-refractivity contribution in [3.05, 3.63) is 59.7 Å². The van der Waals surface area contributed by atoms with Gasteiger partial charge in [0.25, 0.3) is 5.91 Å². The topological polar surface area (TPSA) is 76.2 Å². The molecule has 2 fully saturated rings. The van der Waals surface area contributed by atoms with Crippen LogP contribution in [0.25, 0.3) is 0 Å². The highest BCUT2D eigenvalue weighted by Gasteiger charge is 2.41. The van der Waals surface area contributed by atoms with Crippen molar-refractivity contribution in [1.29, 1.82) is 0 Å². The number of fused-ring (bicyclic) bond motifs is 2. The highest BCUT2D eigenvalue weighted by molar-refractivity contribution is 7.89. The zero-order valence-electron chi connectivity index (χ0n) is 16.4. The number of carbonyl (C=O) groups excluding carboxylic acids is 1. The molecule has 2 aromatic rings. The molecule has 4 rings (SSSR count). The summed E-state index contributed by atoms with van der Waals surface area (Å²) < 4.78 is 38.7. The van der Waals surface area contributed by atoms with Crippen LogP contribution in [0.2, 0.25) is 0 Å². The minimum atomic E-state index is -3.59. The Morgan fingerprint density at radius 1 is 1.03 bits per heavy atom. The lowest BCUT2D eigenvalue weighted by Crippen LogP contribution is -2.61. The first-order valence-electron chi connectivity index (χ1n) is 9.52.